The molecule has 0 radical (unpaired) electrons. The fraction of sp³-hybridized carbons (Fsp3) is 0.348. The second-order valence-corrected chi connectivity index (χ2v) is 8.02. The number of anilines is 1. The van der Waals surface area contributed by atoms with E-state index in [2.05, 4.69) is 25.6 Å². The number of carbonyl (C=O) groups is 2. The first-order chi connectivity index (χ1) is 17.1. The van der Waals surface area contributed by atoms with Crippen molar-refractivity contribution in [2.45, 2.75) is 31.6 Å². The number of hydrogen-bond donors (Lipinski definition) is 4. The second-order valence-electron chi connectivity index (χ2n) is 8.02. The van der Waals surface area contributed by atoms with Gasteiger partial charge in [0.2, 0.25) is 0 Å². The van der Waals surface area contributed by atoms with E-state index in [1.165, 1.54) is 0 Å². The zero-order valence-electron chi connectivity index (χ0n) is 19.3. The highest BCUT2D eigenvalue weighted by atomic mass is 19.4. The lowest BCUT2D eigenvalue weighted by molar-refractivity contribution is -0.192. The van der Waals surface area contributed by atoms with Crippen molar-refractivity contribution < 1.29 is 27.9 Å². The molecule has 10 nitrogen and oxygen atoms in total. The van der Waals surface area contributed by atoms with Gasteiger partial charge in [0.05, 0.1) is 23.0 Å². The van der Waals surface area contributed by atoms with Gasteiger partial charge in [-0.2, -0.15) is 13.2 Å². The first-order valence-electron chi connectivity index (χ1n) is 11.0. The van der Waals surface area contributed by atoms with E-state index in [4.69, 9.17) is 9.90 Å². The van der Waals surface area contributed by atoms with Gasteiger partial charge in [0.1, 0.15) is 11.6 Å². The molecule has 1 aromatic carbocycles. The molecule has 13 heteroatoms. The number of amides is 1. The predicted molar refractivity (Wildman–Crippen MR) is 126 cm³/mol. The van der Waals surface area contributed by atoms with E-state index >= 15 is 0 Å². The molecule has 3 heterocycles. The summed E-state index contributed by atoms with van der Waals surface area (Å²) >= 11 is 0. The number of aromatic nitrogens is 3. The molecule has 0 unspecified atom stereocenters. The maximum Gasteiger partial charge on any atom is 0.490 e. The van der Waals surface area contributed by atoms with Gasteiger partial charge in [0.15, 0.2) is 0 Å². The Balaban J connectivity index is 0.000000454. The highest BCUT2D eigenvalue weighted by Gasteiger charge is 2.38. The van der Waals surface area contributed by atoms with Crippen LogP contribution >= 0.6 is 0 Å². The minimum Gasteiger partial charge on any atom is -0.475 e. The zero-order valence-corrected chi connectivity index (χ0v) is 19.3. The molecule has 1 saturated heterocycles. The molecular weight excluding hydrogens is 481 g/mol. The summed E-state index contributed by atoms with van der Waals surface area (Å²) in [5.41, 5.74) is 1.05. The monoisotopic (exact) mass is 506 g/mol. The number of halogens is 3. The summed E-state index contributed by atoms with van der Waals surface area (Å²) < 4.78 is 31.7. The Morgan fingerprint density at radius 2 is 1.83 bits per heavy atom. The molecular formula is C23H25F3N6O4. The van der Waals surface area contributed by atoms with E-state index in [0.717, 1.165) is 25.9 Å². The van der Waals surface area contributed by atoms with Crippen molar-refractivity contribution in [3.63, 3.8) is 0 Å². The number of para-hydroxylation sites is 1. The van der Waals surface area contributed by atoms with Crippen LogP contribution in [0, 0.1) is 0 Å². The van der Waals surface area contributed by atoms with Gasteiger partial charge in [-0.15, -0.1) is 0 Å². The van der Waals surface area contributed by atoms with Crippen molar-refractivity contribution in [3.8, 4) is 0 Å². The van der Waals surface area contributed by atoms with Crippen molar-refractivity contribution in [2.24, 2.45) is 0 Å². The Bertz CT molecular complexity index is 1260. The normalized spacial score (nSPS) is 14.0. The third-order valence-electron chi connectivity index (χ3n) is 5.53. The number of carbonyl (C=O) groups excluding carboxylic acids is 1. The van der Waals surface area contributed by atoms with Crippen LogP contribution < -0.4 is 16.2 Å². The van der Waals surface area contributed by atoms with Crippen molar-refractivity contribution in [2.75, 3.05) is 25.5 Å². The fourth-order valence-corrected chi connectivity index (χ4v) is 3.58. The highest BCUT2D eigenvalue weighted by Crippen LogP contribution is 2.15. The quantitative estimate of drug-likeness (QED) is 0.414. The molecule has 4 N–H and O–H groups in total. The lowest BCUT2D eigenvalue weighted by Gasteiger charge is -2.31. The number of aromatic amines is 1. The number of fused-ring (bicyclic) bond motifs is 1. The van der Waals surface area contributed by atoms with E-state index in [9.17, 15) is 22.8 Å². The van der Waals surface area contributed by atoms with Gasteiger partial charge in [-0.3, -0.25) is 9.59 Å². The zero-order chi connectivity index (χ0) is 26.3. The number of aliphatic carboxylic acids is 1. The standard InChI is InChI=1S/C21H24N6O2.C2HF3O2/c1-27(15-8-10-22-11-9-15)21(29)14-6-7-18(23-12-14)24-13-19-25-17-5-3-2-4-16(17)20(28)26-19;3-2(4,5)1(6)7/h2-7,12,15,22H,8-11,13H2,1H3,(H,23,24)(H,25,26,28);(H,6,7). The summed E-state index contributed by atoms with van der Waals surface area (Å²) in [4.78, 5) is 47.1. The number of benzene rings is 1. The highest BCUT2D eigenvalue weighted by molar-refractivity contribution is 5.94. The molecule has 1 fully saturated rings. The Kier molecular flexibility index (Phi) is 8.59. The van der Waals surface area contributed by atoms with Crippen LogP contribution in [0.5, 0.6) is 0 Å². The maximum absolute atomic E-state index is 12.7. The first kappa shape index (κ1) is 26.6. The molecule has 3 aromatic rings. The SMILES string of the molecule is CN(C(=O)c1ccc(NCc2nc3ccccc3c(=O)[nH]2)nc1)C1CCNCC1.O=C(O)C(F)(F)F. The smallest absolute Gasteiger partial charge is 0.475 e. The minimum atomic E-state index is -5.08. The molecule has 36 heavy (non-hydrogen) atoms. The Labute approximate surface area is 203 Å². The number of rotatable bonds is 5. The number of H-pyrrole nitrogens is 1. The number of nitrogens with zero attached hydrogens (tertiary/aromatic N) is 3. The van der Waals surface area contributed by atoms with Gasteiger partial charge in [0.25, 0.3) is 11.5 Å². The number of carboxylic acid groups (broad SMARTS) is 1. The molecule has 1 amide bonds. The molecule has 2 aromatic heterocycles. The summed E-state index contributed by atoms with van der Waals surface area (Å²) in [6.07, 6.45) is -1.57. The molecule has 1 aliphatic rings. The molecule has 0 spiro atoms. The summed E-state index contributed by atoms with van der Waals surface area (Å²) in [5, 5.41) is 14.1. The van der Waals surface area contributed by atoms with E-state index in [1.807, 2.05) is 30.1 Å². The van der Waals surface area contributed by atoms with Gasteiger partial charge in [-0.25, -0.2) is 14.8 Å². The minimum absolute atomic E-state index is 0.0172. The number of piperidine rings is 1. The lowest BCUT2D eigenvalue weighted by atomic mass is 10.0. The van der Waals surface area contributed by atoms with Crippen molar-refractivity contribution in [1.82, 2.24) is 25.2 Å². The lowest BCUT2D eigenvalue weighted by Crippen LogP contribution is -2.43. The van der Waals surface area contributed by atoms with Crippen LogP contribution in [0.3, 0.4) is 0 Å². The average Bonchev–Trinajstić information content (AvgIpc) is 2.87. The largest absolute Gasteiger partial charge is 0.490 e. The maximum atomic E-state index is 12.7. The van der Waals surface area contributed by atoms with Crippen molar-refractivity contribution in [1.29, 1.82) is 0 Å². The van der Waals surface area contributed by atoms with Crippen molar-refractivity contribution in [3.05, 3.63) is 64.3 Å². The number of pyridine rings is 1. The summed E-state index contributed by atoms with van der Waals surface area (Å²) in [6.45, 7) is 2.21. The molecule has 192 valence electrons. The average molecular weight is 506 g/mol. The van der Waals surface area contributed by atoms with Gasteiger partial charge in [0, 0.05) is 19.3 Å². The van der Waals surface area contributed by atoms with Gasteiger partial charge >= 0.3 is 12.1 Å². The third-order valence-corrected chi connectivity index (χ3v) is 5.53. The topological polar surface area (TPSA) is 140 Å². The fourth-order valence-electron chi connectivity index (χ4n) is 3.58. The second kappa shape index (κ2) is 11.6. The molecule has 0 saturated carbocycles. The van der Waals surface area contributed by atoms with E-state index in [1.54, 1.807) is 24.4 Å². The Morgan fingerprint density at radius 3 is 2.44 bits per heavy atom. The molecule has 0 atom stereocenters. The number of nitrogens with one attached hydrogen (secondary N) is 3. The van der Waals surface area contributed by atoms with Gasteiger partial charge in [-0.1, -0.05) is 12.1 Å². The molecule has 4 rings (SSSR count). The Morgan fingerprint density at radius 1 is 1.17 bits per heavy atom. The third kappa shape index (κ3) is 7.01. The van der Waals surface area contributed by atoms with Crippen LogP contribution in [0.1, 0.15) is 29.0 Å². The van der Waals surface area contributed by atoms with E-state index < -0.39 is 12.1 Å². The summed E-state index contributed by atoms with van der Waals surface area (Å²) in [6, 6.07) is 11.0. The first-order valence-corrected chi connectivity index (χ1v) is 11.0. The predicted octanol–water partition coefficient (Wildman–Crippen LogP) is 2.39. The van der Waals surface area contributed by atoms with Gasteiger partial charge < -0.3 is 25.6 Å². The molecule has 1 aliphatic heterocycles. The van der Waals surface area contributed by atoms with Crippen LogP contribution in [0.2, 0.25) is 0 Å². The molecule has 0 aliphatic carbocycles. The van der Waals surface area contributed by atoms with Crippen LogP contribution in [0.15, 0.2) is 47.4 Å². The van der Waals surface area contributed by atoms with E-state index in [-0.39, 0.29) is 17.5 Å². The Hall–Kier alpha value is -4.00. The number of alkyl halides is 3. The number of carboxylic acids is 1. The summed E-state index contributed by atoms with van der Waals surface area (Å²) in [7, 11) is 1.85. The van der Waals surface area contributed by atoms with Crippen LogP contribution in [0.4, 0.5) is 19.0 Å². The molecule has 0 bridgehead atoms. The van der Waals surface area contributed by atoms with Gasteiger partial charge in [-0.05, 0) is 50.2 Å². The summed E-state index contributed by atoms with van der Waals surface area (Å²) in [5.74, 6) is -1.63. The van der Waals surface area contributed by atoms with Crippen molar-refractivity contribution >= 4 is 28.6 Å². The van der Waals surface area contributed by atoms with E-state index in [0.29, 0.717) is 34.7 Å². The van der Waals surface area contributed by atoms with Crippen LogP contribution in [-0.2, 0) is 11.3 Å². The van der Waals surface area contributed by atoms with Crippen LogP contribution in [-0.4, -0.2) is 69.2 Å². The number of hydrogen-bond acceptors (Lipinski definition) is 7. The van der Waals surface area contributed by atoms with Crippen LogP contribution in [0.25, 0.3) is 10.9 Å².